The van der Waals surface area contributed by atoms with Crippen molar-refractivity contribution in [2.75, 3.05) is 11.9 Å². The van der Waals surface area contributed by atoms with Crippen LogP contribution in [0.1, 0.15) is 11.3 Å². The number of aromatic nitrogens is 1. The molecule has 0 unspecified atom stereocenters. The van der Waals surface area contributed by atoms with Crippen molar-refractivity contribution >= 4 is 11.5 Å². The van der Waals surface area contributed by atoms with E-state index in [1.807, 2.05) is 49.5 Å². The molecule has 0 saturated carbocycles. The van der Waals surface area contributed by atoms with Gasteiger partial charge in [-0.1, -0.05) is 24.3 Å². The molecule has 0 bridgehead atoms. The van der Waals surface area contributed by atoms with Crippen LogP contribution in [0.5, 0.6) is 0 Å². The Morgan fingerprint density at radius 2 is 1.94 bits per heavy atom. The fraction of sp³-hybridized carbons (Fsp3) is 0.143. The first-order valence-corrected chi connectivity index (χ1v) is 5.73. The summed E-state index contributed by atoms with van der Waals surface area (Å²) in [5.41, 5.74) is 8.16. The van der Waals surface area contributed by atoms with Crippen LogP contribution in [0.15, 0.2) is 48.7 Å². The number of amidine groups is 1. The van der Waals surface area contributed by atoms with Gasteiger partial charge in [0.25, 0.3) is 0 Å². The highest BCUT2D eigenvalue weighted by molar-refractivity contribution is 5.94. The zero-order valence-electron chi connectivity index (χ0n) is 10.3. The van der Waals surface area contributed by atoms with Crippen LogP contribution in [0.2, 0.25) is 0 Å². The summed E-state index contributed by atoms with van der Waals surface area (Å²) in [6, 6.07) is 13.9. The van der Waals surface area contributed by atoms with Crippen LogP contribution in [-0.4, -0.2) is 17.9 Å². The number of anilines is 1. The number of pyridine rings is 1. The minimum atomic E-state index is 0.00654. The van der Waals surface area contributed by atoms with Crippen LogP contribution < -0.4 is 10.6 Å². The van der Waals surface area contributed by atoms with Gasteiger partial charge >= 0.3 is 0 Å². The van der Waals surface area contributed by atoms with E-state index in [4.69, 9.17) is 11.1 Å². The average Bonchev–Trinajstić information content (AvgIpc) is 2.40. The molecule has 2 rings (SSSR count). The summed E-state index contributed by atoms with van der Waals surface area (Å²) in [4.78, 5) is 6.25. The highest BCUT2D eigenvalue weighted by atomic mass is 15.1. The molecule has 1 aromatic carbocycles. The topological polar surface area (TPSA) is 66.0 Å². The highest BCUT2D eigenvalue weighted by Crippen LogP contribution is 2.15. The van der Waals surface area contributed by atoms with Gasteiger partial charge in [-0.25, -0.2) is 0 Å². The molecule has 0 fully saturated rings. The summed E-state index contributed by atoms with van der Waals surface area (Å²) in [6.45, 7) is 0.673. The van der Waals surface area contributed by atoms with Gasteiger partial charge in [-0.05, 0) is 18.2 Å². The van der Waals surface area contributed by atoms with Crippen molar-refractivity contribution < 1.29 is 0 Å². The summed E-state index contributed by atoms with van der Waals surface area (Å²) in [5, 5.41) is 7.52. The predicted octanol–water partition coefficient (Wildman–Crippen LogP) is 2.00. The Kier molecular flexibility index (Phi) is 3.57. The molecule has 0 aliphatic carbocycles. The van der Waals surface area contributed by atoms with Gasteiger partial charge in [0.1, 0.15) is 11.5 Å². The number of nitrogens with zero attached hydrogens (tertiary/aromatic N) is 2. The summed E-state index contributed by atoms with van der Waals surface area (Å²) < 4.78 is 0. The van der Waals surface area contributed by atoms with Crippen LogP contribution >= 0.6 is 0 Å². The Morgan fingerprint density at radius 3 is 2.61 bits per heavy atom. The van der Waals surface area contributed by atoms with Gasteiger partial charge in [0.05, 0.1) is 0 Å². The molecule has 0 aliphatic rings. The Bertz CT molecular complexity index is 537. The van der Waals surface area contributed by atoms with Crippen molar-refractivity contribution in [3.63, 3.8) is 0 Å². The molecular formula is C14H16N4. The number of hydrogen-bond acceptors (Lipinski definition) is 3. The van der Waals surface area contributed by atoms with E-state index in [9.17, 15) is 0 Å². The molecule has 1 heterocycles. The fourth-order valence-corrected chi connectivity index (χ4v) is 1.84. The standard InChI is InChI=1S/C14H16N4/c1-18(12-7-3-2-4-8-12)10-11-6-5-9-17-13(11)14(15)16/h2-9H,10H2,1H3,(H3,15,16). The minimum Gasteiger partial charge on any atom is -0.382 e. The van der Waals surface area contributed by atoms with E-state index in [1.54, 1.807) is 6.20 Å². The highest BCUT2D eigenvalue weighted by Gasteiger charge is 2.08. The third-order valence-electron chi connectivity index (χ3n) is 2.75. The first-order chi connectivity index (χ1) is 8.68. The monoisotopic (exact) mass is 240 g/mol. The van der Waals surface area contributed by atoms with Crippen molar-refractivity contribution in [2.24, 2.45) is 5.73 Å². The number of nitrogens with two attached hydrogens (primary N) is 1. The fourth-order valence-electron chi connectivity index (χ4n) is 1.84. The van der Waals surface area contributed by atoms with Crippen LogP contribution in [-0.2, 0) is 6.54 Å². The maximum Gasteiger partial charge on any atom is 0.142 e. The number of nitrogens with one attached hydrogen (secondary N) is 1. The second-order valence-electron chi connectivity index (χ2n) is 4.12. The SMILES string of the molecule is CN(Cc1cccnc1C(=N)N)c1ccccc1. The Labute approximate surface area is 107 Å². The molecule has 0 aliphatic heterocycles. The first-order valence-electron chi connectivity index (χ1n) is 5.73. The van der Waals surface area contributed by atoms with Crippen molar-refractivity contribution in [1.82, 2.24) is 4.98 Å². The molecule has 3 N–H and O–H groups in total. The number of para-hydroxylation sites is 1. The summed E-state index contributed by atoms with van der Waals surface area (Å²) in [7, 11) is 2.01. The molecule has 92 valence electrons. The lowest BCUT2D eigenvalue weighted by atomic mass is 10.1. The number of benzene rings is 1. The van der Waals surface area contributed by atoms with E-state index in [1.165, 1.54) is 0 Å². The molecule has 18 heavy (non-hydrogen) atoms. The van der Waals surface area contributed by atoms with Crippen molar-refractivity contribution in [3.05, 3.63) is 59.9 Å². The first kappa shape index (κ1) is 12.1. The van der Waals surface area contributed by atoms with Crippen LogP contribution in [0.3, 0.4) is 0 Å². The van der Waals surface area contributed by atoms with E-state index in [-0.39, 0.29) is 5.84 Å². The second kappa shape index (κ2) is 5.31. The smallest absolute Gasteiger partial charge is 0.142 e. The second-order valence-corrected chi connectivity index (χ2v) is 4.12. The molecule has 2 aromatic rings. The molecule has 0 saturated heterocycles. The van der Waals surface area contributed by atoms with Crippen LogP contribution in [0.4, 0.5) is 5.69 Å². The maximum absolute atomic E-state index is 7.52. The molecule has 4 heteroatoms. The molecule has 0 spiro atoms. The van der Waals surface area contributed by atoms with Gasteiger partial charge in [0.2, 0.25) is 0 Å². The third-order valence-corrected chi connectivity index (χ3v) is 2.75. The Hall–Kier alpha value is -2.36. The molecule has 1 aromatic heterocycles. The molecule has 4 nitrogen and oxygen atoms in total. The van der Waals surface area contributed by atoms with Crippen LogP contribution in [0, 0.1) is 5.41 Å². The van der Waals surface area contributed by atoms with E-state index in [0.29, 0.717) is 12.2 Å². The average molecular weight is 240 g/mol. The molecule has 0 atom stereocenters. The molecule has 0 amide bonds. The van der Waals surface area contributed by atoms with Gasteiger partial charge in [-0.15, -0.1) is 0 Å². The van der Waals surface area contributed by atoms with Crippen LogP contribution in [0.25, 0.3) is 0 Å². The third kappa shape index (κ3) is 2.66. The molecular weight excluding hydrogens is 224 g/mol. The van der Waals surface area contributed by atoms with Gasteiger partial charge in [-0.3, -0.25) is 10.4 Å². The maximum atomic E-state index is 7.52. The van der Waals surface area contributed by atoms with E-state index < -0.39 is 0 Å². The zero-order chi connectivity index (χ0) is 13.0. The lowest BCUT2D eigenvalue weighted by Crippen LogP contribution is -2.21. The lowest BCUT2D eigenvalue weighted by molar-refractivity contribution is 0.910. The number of rotatable bonds is 4. The predicted molar refractivity (Wildman–Crippen MR) is 73.8 cm³/mol. The normalized spacial score (nSPS) is 10.1. The van der Waals surface area contributed by atoms with Crippen molar-refractivity contribution in [3.8, 4) is 0 Å². The quantitative estimate of drug-likeness (QED) is 0.634. The Morgan fingerprint density at radius 1 is 1.22 bits per heavy atom. The summed E-state index contributed by atoms with van der Waals surface area (Å²) in [5.74, 6) is 0.00654. The van der Waals surface area contributed by atoms with Gasteiger partial charge in [0.15, 0.2) is 0 Å². The van der Waals surface area contributed by atoms with Gasteiger partial charge < -0.3 is 10.6 Å². The van der Waals surface area contributed by atoms with Gasteiger partial charge in [0, 0.05) is 31.0 Å². The van der Waals surface area contributed by atoms with Crippen molar-refractivity contribution in [2.45, 2.75) is 6.54 Å². The number of nitrogen functional groups attached to an aromatic ring is 1. The van der Waals surface area contributed by atoms with E-state index >= 15 is 0 Å². The van der Waals surface area contributed by atoms with Gasteiger partial charge in [-0.2, -0.15) is 0 Å². The summed E-state index contributed by atoms with van der Waals surface area (Å²) >= 11 is 0. The molecule has 0 radical (unpaired) electrons. The minimum absolute atomic E-state index is 0.00654. The van der Waals surface area contributed by atoms with E-state index in [0.717, 1.165) is 11.3 Å². The zero-order valence-corrected chi connectivity index (χ0v) is 10.3. The number of hydrogen-bond donors (Lipinski definition) is 2. The summed E-state index contributed by atoms with van der Waals surface area (Å²) in [6.07, 6.45) is 1.66. The Balaban J connectivity index is 2.22. The lowest BCUT2D eigenvalue weighted by Gasteiger charge is -2.20. The van der Waals surface area contributed by atoms with Crippen molar-refractivity contribution in [1.29, 1.82) is 5.41 Å². The largest absolute Gasteiger partial charge is 0.382 e. The van der Waals surface area contributed by atoms with E-state index in [2.05, 4.69) is 9.88 Å².